The number of amides is 1. The summed E-state index contributed by atoms with van der Waals surface area (Å²) in [5.41, 5.74) is 1.30. The number of benzene rings is 2. The first-order valence-electron chi connectivity index (χ1n) is 11.0. The van der Waals surface area contributed by atoms with Gasteiger partial charge in [-0.3, -0.25) is 9.59 Å². The highest BCUT2D eigenvalue weighted by atomic mass is 16.5. The highest BCUT2D eigenvalue weighted by molar-refractivity contribution is 6.16. The number of ether oxygens (including phenoxy) is 2. The van der Waals surface area contributed by atoms with Crippen LogP contribution in [0.25, 0.3) is 11.0 Å². The molecule has 0 saturated carbocycles. The van der Waals surface area contributed by atoms with Gasteiger partial charge in [0, 0.05) is 11.9 Å². The summed E-state index contributed by atoms with van der Waals surface area (Å²) in [6, 6.07) is 16.8. The van der Waals surface area contributed by atoms with Crippen molar-refractivity contribution in [2.75, 3.05) is 20.8 Å². The zero-order chi connectivity index (χ0) is 24.5. The van der Waals surface area contributed by atoms with Gasteiger partial charge in [0.2, 0.25) is 5.78 Å². The standard InChI is InChI=1S/C27H23NO7/c1-32-18-10-8-16(9-11-18)12-13-28-23(19-7-4-14-34-19)22(25(30)27(28)31)24(29)21-15-17-5-3-6-20(33-2)26(17)35-21/h3-11,14-15,23,30H,12-13H2,1-2H3. The molecule has 0 radical (unpaired) electrons. The van der Waals surface area contributed by atoms with Crippen LogP contribution in [-0.4, -0.2) is 42.5 Å². The number of nitrogens with zero attached hydrogens (tertiary/aromatic N) is 1. The molecule has 1 atom stereocenters. The summed E-state index contributed by atoms with van der Waals surface area (Å²) < 4.78 is 21.9. The molecule has 8 heteroatoms. The van der Waals surface area contributed by atoms with Crippen LogP contribution in [0.15, 0.2) is 87.1 Å². The van der Waals surface area contributed by atoms with Gasteiger partial charge >= 0.3 is 0 Å². The van der Waals surface area contributed by atoms with Gasteiger partial charge in [0.1, 0.15) is 17.6 Å². The molecule has 0 spiro atoms. The van der Waals surface area contributed by atoms with Crippen molar-refractivity contribution in [1.82, 2.24) is 4.90 Å². The summed E-state index contributed by atoms with van der Waals surface area (Å²) in [4.78, 5) is 28.1. The summed E-state index contributed by atoms with van der Waals surface area (Å²) in [6.45, 7) is 0.255. The second-order valence-electron chi connectivity index (χ2n) is 8.10. The molecule has 35 heavy (non-hydrogen) atoms. The summed E-state index contributed by atoms with van der Waals surface area (Å²) in [6.07, 6.45) is 1.97. The largest absolute Gasteiger partial charge is 0.503 e. The molecule has 1 aliphatic heterocycles. The van der Waals surface area contributed by atoms with Crippen LogP contribution in [0.2, 0.25) is 0 Å². The maximum atomic E-state index is 13.6. The highest BCUT2D eigenvalue weighted by Gasteiger charge is 2.45. The second kappa shape index (κ2) is 9.06. The minimum absolute atomic E-state index is 0.00703. The molecule has 4 aromatic rings. The topological polar surface area (TPSA) is 102 Å². The molecule has 1 amide bonds. The second-order valence-corrected chi connectivity index (χ2v) is 8.10. The Labute approximate surface area is 201 Å². The Hall–Kier alpha value is -4.46. The Bertz CT molecular complexity index is 1410. The zero-order valence-corrected chi connectivity index (χ0v) is 19.2. The minimum atomic E-state index is -0.890. The molecule has 1 unspecified atom stereocenters. The number of Topliss-reactive ketones (excluding diaryl/α,β-unsaturated/α-hetero) is 1. The molecule has 1 aliphatic rings. The lowest BCUT2D eigenvalue weighted by Gasteiger charge is -2.24. The number of hydrogen-bond acceptors (Lipinski definition) is 7. The number of carbonyl (C=O) groups is 2. The Morgan fingerprint density at radius 3 is 2.54 bits per heavy atom. The Morgan fingerprint density at radius 1 is 1.06 bits per heavy atom. The molecule has 0 aliphatic carbocycles. The van der Waals surface area contributed by atoms with Gasteiger partial charge < -0.3 is 28.3 Å². The van der Waals surface area contributed by atoms with E-state index in [-0.39, 0.29) is 17.9 Å². The van der Waals surface area contributed by atoms with E-state index < -0.39 is 23.5 Å². The molecule has 0 bridgehead atoms. The summed E-state index contributed by atoms with van der Waals surface area (Å²) in [7, 11) is 3.10. The van der Waals surface area contributed by atoms with E-state index in [0.29, 0.717) is 28.9 Å². The van der Waals surface area contributed by atoms with Gasteiger partial charge in [0.15, 0.2) is 22.9 Å². The van der Waals surface area contributed by atoms with E-state index in [0.717, 1.165) is 11.3 Å². The monoisotopic (exact) mass is 473 g/mol. The van der Waals surface area contributed by atoms with E-state index in [1.807, 2.05) is 24.3 Å². The van der Waals surface area contributed by atoms with Gasteiger partial charge in [-0.25, -0.2) is 0 Å². The fourth-order valence-corrected chi connectivity index (χ4v) is 4.34. The highest BCUT2D eigenvalue weighted by Crippen LogP contribution is 2.40. The van der Waals surface area contributed by atoms with E-state index in [1.54, 1.807) is 43.5 Å². The van der Waals surface area contributed by atoms with Crippen LogP contribution in [0.1, 0.15) is 27.9 Å². The van der Waals surface area contributed by atoms with Crippen LogP contribution in [0.4, 0.5) is 0 Å². The first kappa shape index (κ1) is 22.3. The number of aliphatic hydroxyl groups excluding tert-OH is 1. The number of furan rings is 2. The van der Waals surface area contributed by atoms with Crippen molar-refractivity contribution in [3.05, 3.63) is 95.3 Å². The van der Waals surface area contributed by atoms with Crippen molar-refractivity contribution in [1.29, 1.82) is 0 Å². The molecule has 8 nitrogen and oxygen atoms in total. The van der Waals surface area contributed by atoms with E-state index >= 15 is 0 Å². The number of methoxy groups -OCH3 is 2. The normalized spacial score (nSPS) is 15.8. The molecule has 1 N–H and O–H groups in total. The third-order valence-corrected chi connectivity index (χ3v) is 6.11. The molecule has 5 rings (SSSR count). The van der Waals surface area contributed by atoms with E-state index in [2.05, 4.69) is 0 Å². The number of para-hydroxylation sites is 1. The predicted octanol–water partition coefficient (Wildman–Crippen LogP) is 4.86. The van der Waals surface area contributed by atoms with E-state index in [1.165, 1.54) is 18.3 Å². The van der Waals surface area contributed by atoms with Crippen LogP contribution in [0, 0.1) is 0 Å². The molecule has 2 aromatic carbocycles. The number of rotatable bonds is 8. The van der Waals surface area contributed by atoms with E-state index in [9.17, 15) is 14.7 Å². The van der Waals surface area contributed by atoms with E-state index in [4.69, 9.17) is 18.3 Å². The molecular weight excluding hydrogens is 450 g/mol. The third-order valence-electron chi connectivity index (χ3n) is 6.11. The molecule has 3 heterocycles. The SMILES string of the molecule is COc1ccc(CCN2C(=O)C(O)=C(C(=O)c3cc4cccc(OC)c4o3)C2c2ccco2)cc1. The minimum Gasteiger partial charge on any atom is -0.503 e. The number of carbonyl (C=O) groups excluding carboxylic acids is 2. The van der Waals surface area contributed by atoms with Gasteiger partial charge in [-0.1, -0.05) is 24.3 Å². The van der Waals surface area contributed by atoms with Gasteiger partial charge in [0.05, 0.1) is 26.1 Å². The molecule has 0 fully saturated rings. The Morgan fingerprint density at radius 2 is 1.86 bits per heavy atom. The maximum absolute atomic E-state index is 13.6. The van der Waals surface area contributed by atoms with Crippen LogP contribution >= 0.6 is 0 Å². The first-order chi connectivity index (χ1) is 17.0. The number of ketones is 1. The number of hydrogen-bond donors (Lipinski definition) is 1. The zero-order valence-electron chi connectivity index (χ0n) is 19.2. The van der Waals surface area contributed by atoms with Crippen molar-refractivity contribution in [3.63, 3.8) is 0 Å². The fourth-order valence-electron chi connectivity index (χ4n) is 4.34. The van der Waals surface area contributed by atoms with Crippen molar-refractivity contribution in [2.45, 2.75) is 12.5 Å². The summed E-state index contributed by atoms with van der Waals surface area (Å²) in [5.74, 6) is -0.278. The third kappa shape index (κ3) is 3.93. The van der Waals surface area contributed by atoms with Gasteiger partial charge in [-0.15, -0.1) is 0 Å². The van der Waals surface area contributed by atoms with Gasteiger partial charge in [-0.05, 0) is 48.4 Å². The smallest absolute Gasteiger partial charge is 0.290 e. The summed E-state index contributed by atoms with van der Waals surface area (Å²) in [5, 5.41) is 11.5. The average Bonchev–Trinajstić information content (AvgIpc) is 3.62. The van der Waals surface area contributed by atoms with Gasteiger partial charge in [0.25, 0.3) is 5.91 Å². The molecule has 0 saturated heterocycles. The number of fused-ring (bicyclic) bond motifs is 1. The van der Waals surface area contributed by atoms with Crippen molar-refractivity contribution >= 4 is 22.7 Å². The molecule has 2 aromatic heterocycles. The number of aliphatic hydroxyl groups is 1. The van der Waals surface area contributed by atoms with Crippen molar-refractivity contribution in [2.24, 2.45) is 0 Å². The quantitative estimate of drug-likeness (QED) is 0.365. The Balaban J connectivity index is 1.48. The molecular formula is C27H23NO7. The predicted molar refractivity (Wildman–Crippen MR) is 127 cm³/mol. The van der Waals surface area contributed by atoms with Crippen molar-refractivity contribution in [3.8, 4) is 11.5 Å². The van der Waals surface area contributed by atoms with Crippen molar-refractivity contribution < 1.29 is 33.0 Å². The lowest BCUT2D eigenvalue weighted by Crippen LogP contribution is -2.32. The van der Waals surface area contributed by atoms with Crippen LogP contribution in [0.5, 0.6) is 11.5 Å². The average molecular weight is 473 g/mol. The Kier molecular flexibility index (Phi) is 5.78. The van der Waals surface area contributed by atoms with Crippen LogP contribution in [0.3, 0.4) is 0 Å². The lowest BCUT2D eigenvalue weighted by molar-refractivity contribution is -0.129. The maximum Gasteiger partial charge on any atom is 0.290 e. The molecule has 178 valence electrons. The first-order valence-corrected chi connectivity index (χ1v) is 11.0. The summed E-state index contributed by atoms with van der Waals surface area (Å²) >= 11 is 0. The van der Waals surface area contributed by atoms with Gasteiger partial charge in [-0.2, -0.15) is 0 Å². The fraction of sp³-hybridized carbons (Fsp3) is 0.185. The van der Waals surface area contributed by atoms with Crippen LogP contribution < -0.4 is 9.47 Å². The lowest BCUT2D eigenvalue weighted by atomic mass is 9.99. The van der Waals surface area contributed by atoms with Crippen LogP contribution in [-0.2, 0) is 11.2 Å².